The van der Waals surface area contributed by atoms with E-state index in [4.69, 9.17) is 4.42 Å². The van der Waals surface area contributed by atoms with Crippen LogP contribution in [0.1, 0.15) is 10.4 Å². The molecule has 0 radical (unpaired) electrons. The number of ketones is 1. The van der Waals surface area contributed by atoms with Crippen LogP contribution in [0.5, 0.6) is 0 Å². The summed E-state index contributed by atoms with van der Waals surface area (Å²) < 4.78 is 7.01. The van der Waals surface area contributed by atoms with Crippen molar-refractivity contribution in [3.05, 3.63) is 42.4 Å². The number of Topliss-reactive ketones (excluding diaryl/α,β-unsaturated/α-hetero) is 1. The molecule has 0 bridgehead atoms. The van der Waals surface area contributed by atoms with Gasteiger partial charge in [0.05, 0.1) is 11.3 Å². The molecule has 19 heavy (non-hydrogen) atoms. The van der Waals surface area contributed by atoms with Crippen molar-refractivity contribution in [1.82, 2.24) is 14.8 Å². The third-order valence-corrected chi connectivity index (χ3v) is 3.82. The number of thioether (sulfide) groups is 1. The van der Waals surface area contributed by atoms with Gasteiger partial charge in [0.2, 0.25) is 0 Å². The molecule has 0 atom stereocenters. The molecule has 0 saturated heterocycles. The van der Waals surface area contributed by atoms with E-state index in [1.807, 2.05) is 24.3 Å². The summed E-state index contributed by atoms with van der Waals surface area (Å²) >= 11 is 1.37. The van der Waals surface area contributed by atoms with Gasteiger partial charge in [-0.3, -0.25) is 4.79 Å². The molecular weight excluding hydrogens is 262 g/mol. The maximum Gasteiger partial charge on any atom is 0.186 e. The summed E-state index contributed by atoms with van der Waals surface area (Å²) in [6.45, 7) is 0. The summed E-state index contributed by atoms with van der Waals surface area (Å²) in [5, 5.41) is 5.54. The molecule has 0 spiro atoms. The highest BCUT2D eigenvalue weighted by Crippen LogP contribution is 2.23. The molecule has 3 rings (SSSR count). The lowest BCUT2D eigenvalue weighted by Crippen LogP contribution is -2.03. The zero-order valence-electron chi connectivity index (χ0n) is 10.2. The lowest BCUT2D eigenvalue weighted by molar-refractivity contribution is 0.102. The Labute approximate surface area is 113 Å². The molecule has 6 heteroatoms. The number of benzene rings is 1. The number of hydrogen-bond donors (Lipinski definition) is 0. The topological polar surface area (TPSA) is 60.9 Å². The Balaban J connectivity index is 1.79. The molecule has 5 nitrogen and oxygen atoms in total. The predicted octanol–water partition coefficient (Wildman–Crippen LogP) is 2.54. The van der Waals surface area contributed by atoms with Gasteiger partial charge in [0.25, 0.3) is 0 Å². The zero-order valence-corrected chi connectivity index (χ0v) is 11.1. The number of fused-ring (bicyclic) bond motifs is 1. The van der Waals surface area contributed by atoms with E-state index in [9.17, 15) is 4.79 Å². The summed E-state index contributed by atoms with van der Waals surface area (Å²) in [5.74, 6) is 0.341. The summed E-state index contributed by atoms with van der Waals surface area (Å²) in [4.78, 5) is 16.3. The Morgan fingerprint density at radius 1 is 1.42 bits per heavy atom. The van der Waals surface area contributed by atoms with E-state index in [0.29, 0.717) is 11.3 Å². The summed E-state index contributed by atoms with van der Waals surface area (Å²) in [5.41, 5.74) is 1.35. The molecule has 0 N–H and O–H groups in total. The summed E-state index contributed by atoms with van der Waals surface area (Å²) in [7, 11) is 1.80. The number of aromatic nitrogens is 3. The highest BCUT2D eigenvalue weighted by atomic mass is 32.2. The van der Waals surface area contributed by atoms with Crippen LogP contribution >= 0.6 is 11.8 Å². The number of rotatable bonds is 4. The fourth-order valence-corrected chi connectivity index (χ4v) is 2.59. The summed E-state index contributed by atoms with van der Waals surface area (Å²) in [6.07, 6.45) is 2.99. The van der Waals surface area contributed by atoms with Crippen molar-refractivity contribution in [2.75, 3.05) is 5.75 Å². The third-order valence-electron chi connectivity index (χ3n) is 2.78. The number of aryl methyl sites for hydroxylation is 1. The van der Waals surface area contributed by atoms with Crippen LogP contribution < -0.4 is 0 Å². The Morgan fingerprint density at radius 3 is 3.05 bits per heavy atom. The number of carbonyl (C=O) groups excluding carboxylic acids is 1. The van der Waals surface area contributed by atoms with Gasteiger partial charge in [-0.15, -0.1) is 0 Å². The van der Waals surface area contributed by atoms with Crippen LogP contribution in [0.25, 0.3) is 11.0 Å². The van der Waals surface area contributed by atoms with Gasteiger partial charge in [-0.2, -0.15) is 5.10 Å². The van der Waals surface area contributed by atoms with E-state index in [0.717, 1.165) is 16.1 Å². The minimum Gasteiger partial charge on any atom is -0.464 e. The van der Waals surface area contributed by atoms with E-state index in [-0.39, 0.29) is 5.78 Å². The van der Waals surface area contributed by atoms with Crippen molar-refractivity contribution in [2.24, 2.45) is 7.05 Å². The fourth-order valence-electron chi connectivity index (χ4n) is 1.82. The van der Waals surface area contributed by atoms with Crippen molar-refractivity contribution in [1.29, 1.82) is 0 Å². The second kappa shape index (κ2) is 4.89. The van der Waals surface area contributed by atoms with Crippen molar-refractivity contribution < 1.29 is 9.21 Å². The maximum atomic E-state index is 12.2. The Bertz CT molecular complexity index is 732. The number of furan rings is 1. The second-order valence-corrected chi connectivity index (χ2v) is 4.97. The average molecular weight is 273 g/mol. The van der Waals surface area contributed by atoms with Crippen molar-refractivity contribution in [3.63, 3.8) is 0 Å². The predicted molar refractivity (Wildman–Crippen MR) is 72.3 cm³/mol. The quantitative estimate of drug-likeness (QED) is 0.540. The van der Waals surface area contributed by atoms with Crippen LogP contribution in [0.3, 0.4) is 0 Å². The van der Waals surface area contributed by atoms with E-state index in [2.05, 4.69) is 10.1 Å². The zero-order chi connectivity index (χ0) is 13.2. The Kier molecular flexibility index (Phi) is 3.08. The fraction of sp³-hybridized carbons (Fsp3) is 0.154. The van der Waals surface area contributed by atoms with E-state index >= 15 is 0 Å². The molecule has 0 fully saturated rings. The minimum atomic E-state index is 0.0259. The first-order valence-corrected chi connectivity index (χ1v) is 6.70. The molecule has 0 amide bonds. The SMILES string of the molecule is Cn1ncnc1SCC(=O)c1coc2ccccc12. The van der Waals surface area contributed by atoms with E-state index in [1.54, 1.807) is 11.7 Å². The molecule has 1 aromatic carbocycles. The van der Waals surface area contributed by atoms with E-state index in [1.165, 1.54) is 24.4 Å². The van der Waals surface area contributed by atoms with Gasteiger partial charge in [-0.1, -0.05) is 30.0 Å². The van der Waals surface area contributed by atoms with Crippen LogP contribution in [0.15, 0.2) is 46.4 Å². The lowest BCUT2D eigenvalue weighted by Gasteiger charge is -1.99. The van der Waals surface area contributed by atoms with Gasteiger partial charge in [0, 0.05) is 12.4 Å². The normalized spacial score (nSPS) is 11.0. The van der Waals surface area contributed by atoms with Gasteiger partial charge < -0.3 is 4.42 Å². The van der Waals surface area contributed by atoms with Crippen LogP contribution in [-0.2, 0) is 7.05 Å². The van der Waals surface area contributed by atoms with Crippen LogP contribution in [-0.4, -0.2) is 26.3 Å². The van der Waals surface area contributed by atoms with Gasteiger partial charge in [-0.05, 0) is 6.07 Å². The smallest absolute Gasteiger partial charge is 0.186 e. The number of nitrogens with zero attached hydrogens (tertiary/aromatic N) is 3. The molecule has 0 aliphatic carbocycles. The molecule has 2 aromatic heterocycles. The molecule has 0 aliphatic heterocycles. The number of para-hydroxylation sites is 1. The molecule has 0 saturated carbocycles. The Morgan fingerprint density at radius 2 is 2.26 bits per heavy atom. The standard InChI is InChI=1S/C13H11N3O2S/c1-16-13(14-8-15-16)19-7-11(17)10-6-18-12-5-3-2-4-9(10)12/h2-6,8H,7H2,1H3. The number of carbonyl (C=O) groups is 1. The van der Waals surface area contributed by atoms with Gasteiger partial charge >= 0.3 is 0 Å². The molecule has 96 valence electrons. The minimum absolute atomic E-state index is 0.0259. The highest BCUT2D eigenvalue weighted by Gasteiger charge is 2.14. The van der Waals surface area contributed by atoms with Gasteiger partial charge in [0.1, 0.15) is 18.2 Å². The molecule has 3 aromatic rings. The van der Waals surface area contributed by atoms with Crippen molar-refractivity contribution in [3.8, 4) is 0 Å². The second-order valence-electron chi connectivity index (χ2n) is 4.02. The molecule has 0 unspecified atom stereocenters. The molecular formula is C13H11N3O2S. The first-order valence-electron chi connectivity index (χ1n) is 5.72. The Hall–Kier alpha value is -2.08. The van der Waals surface area contributed by atoms with Crippen molar-refractivity contribution >= 4 is 28.5 Å². The van der Waals surface area contributed by atoms with Gasteiger partial charge in [-0.25, -0.2) is 9.67 Å². The molecule has 2 heterocycles. The summed E-state index contributed by atoms with van der Waals surface area (Å²) in [6, 6.07) is 7.51. The van der Waals surface area contributed by atoms with E-state index < -0.39 is 0 Å². The average Bonchev–Trinajstić information content (AvgIpc) is 3.02. The van der Waals surface area contributed by atoms with Crippen LogP contribution in [0, 0.1) is 0 Å². The third kappa shape index (κ3) is 2.26. The molecule has 0 aliphatic rings. The first kappa shape index (κ1) is 12.0. The number of hydrogen-bond acceptors (Lipinski definition) is 5. The van der Waals surface area contributed by atoms with Crippen LogP contribution in [0.2, 0.25) is 0 Å². The maximum absolute atomic E-state index is 12.2. The first-order chi connectivity index (χ1) is 9.25. The monoisotopic (exact) mass is 273 g/mol. The lowest BCUT2D eigenvalue weighted by atomic mass is 10.1. The van der Waals surface area contributed by atoms with Crippen molar-refractivity contribution in [2.45, 2.75) is 5.16 Å². The highest BCUT2D eigenvalue weighted by molar-refractivity contribution is 7.99. The van der Waals surface area contributed by atoms with Gasteiger partial charge in [0.15, 0.2) is 10.9 Å². The van der Waals surface area contributed by atoms with Crippen LogP contribution in [0.4, 0.5) is 0 Å². The largest absolute Gasteiger partial charge is 0.464 e.